The maximum absolute atomic E-state index is 12.6. The molecule has 1 spiro atoms. The van der Waals surface area contributed by atoms with E-state index in [9.17, 15) is 4.79 Å². The zero-order valence-electron chi connectivity index (χ0n) is 14.1. The quantitative estimate of drug-likeness (QED) is 0.731. The van der Waals surface area contributed by atoms with Crippen molar-refractivity contribution < 1.29 is 14.3 Å². The highest BCUT2D eigenvalue weighted by Gasteiger charge is 2.47. The lowest BCUT2D eigenvalue weighted by molar-refractivity contribution is -0.130. The van der Waals surface area contributed by atoms with Crippen LogP contribution in [0.1, 0.15) is 57.8 Å². The summed E-state index contributed by atoms with van der Waals surface area (Å²) in [5.41, 5.74) is 1.23. The van der Waals surface area contributed by atoms with Crippen LogP contribution in [0.5, 0.6) is 0 Å². The Morgan fingerprint density at radius 3 is 3.09 bits per heavy atom. The highest BCUT2D eigenvalue weighted by molar-refractivity contribution is 5.79. The van der Waals surface area contributed by atoms with Crippen LogP contribution in [0.2, 0.25) is 0 Å². The Hall–Kier alpha value is -0.870. The van der Waals surface area contributed by atoms with Crippen molar-refractivity contribution in [3.05, 3.63) is 11.6 Å². The van der Waals surface area contributed by atoms with E-state index >= 15 is 0 Å². The van der Waals surface area contributed by atoms with Crippen LogP contribution >= 0.6 is 0 Å². The van der Waals surface area contributed by atoms with E-state index < -0.39 is 0 Å². The molecule has 0 bridgehead atoms. The van der Waals surface area contributed by atoms with Crippen molar-refractivity contribution in [1.29, 1.82) is 0 Å². The molecule has 2 aliphatic heterocycles. The van der Waals surface area contributed by atoms with E-state index in [-0.39, 0.29) is 11.7 Å². The summed E-state index contributed by atoms with van der Waals surface area (Å²) in [4.78, 5) is 14.6. The Morgan fingerprint density at radius 1 is 1.39 bits per heavy atom. The minimum Gasteiger partial charge on any atom is -0.375 e. The van der Waals surface area contributed by atoms with Crippen molar-refractivity contribution in [2.75, 3.05) is 26.3 Å². The molecule has 2 saturated heterocycles. The second-order valence-electron chi connectivity index (χ2n) is 7.95. The highest BCUT2D eigenvalue weighted by atomic mass is 16.6. The maximum atomic E-state index is 12.6. The molecule has 1 amide bonds. The molecular weight excluding hydrogens is 290 g/mol. The zero-order valence-corrected chi connectivity index (χ0v) is 14.1. The number of carbonyl (C=O) groups is 1. The van der Waals surface area contributed by atoms with Crippen LogP contribution in [0.4, 0.5) is 0 Å². The molecule has 0 aromatic heterocycles. The van der Waals surface area contributed by atoms with Gasteiger partial charge in [0.05, 0.1) is 18.3 Å². The Balaban J connectivity index is 1.26. The first-order valence-electron chi connectivity index (χ1n) is 9.44. The van der Waals surface area contributed by atoms with Gasteiger partial charge in [-0.15, -0.1) is 0 Å². The predicted octanol–water partition coefficient (Wildman–Crippen LogP) is 3.06. The van der Waals surface area contributed by atoms with Crippen molar-refractivity contribution in [1.82, 2.24) is 4.90 Å². The molecule has 3 fully saturated rings. The van der Waals surface area contributed by atoms with Crippen molar-refractivity contribution in [3.8, 4) is 0 Å². The predicted molar refractivity (Wildman–Crippen MR) is 88.1 cm³/mol. The molecule has 4 rings (SSSR count). The summed E-state index contributed by atoms with van der Waals surface area (Å²) in [5.74, 6) is 1.10. The minimum atomic E-state index is -0.120. The van der Waals surface area contributed by atoms with Gasteiger partial charge in [0.25, 0.3) is 0 Å². The molecule has 2 atom stereocenters. The molecule has 1 saturated carbocycles. The molecule has 2 heterocycles. The van der Waals surface area contributed by atoms with E-state index in [2.05, 4.69) is 6.08 Å². The van der Waals surface area contributed by atoms with E-state index in [1.807, 2.05) is 4.90 Å². The fourth-order valence-electron chi connectivity index (χ4n) is 4.18. The Labute approximate surface area is 139 Å². The summed E-state index contributed by atoms with van der Waals surface area (Å²) in [5, 5.41) is 0. The third kappa shape index (κ3) is 3.80. The summed E-state index contributed by atoms with van der Waals surface area (Å²) in [6.07, 6.45) is 12.5. The molecule has 2 aliphatic carbocycles. The third-order valence-corrected chi connectivity index (χ3v) is 5.87. The van der Waals surface area contributed by atoms with E-state index in [1.165, 1.54) is 31.3 Å². The highest BCUT2D eigenvalue weighted by Crippen LogP contribution is 2.38. The monoisotopic (exact) mass is 319 g/mol. The van der Waals surface area contributed by atoms with Crippen LogP contribution in [0, 0.1) is 5.92 Å². The smallest absolute Gasteiger partial charge is 0.226 e. The van der Waals surface area contributed by atoms with Crippen molar-refractivity contribution in [2.24, 2.45) is 5.92 Å². The van der Waals surface area contributed by atoms with Crippen molar-refractivity contribution >= 4 is 5.91 Å². The molecule has 0 aromatic rings. The average Bonchev–Trinajstić information content (AvgIpc) is 3.18. The Morgan fingerprint density at radius 2 is 2.30 bits per heavy atom. The number of hydrogen-bond donors (Lipinski definition) is 0. The van der Waals surface area contributed by atoms with Crippen LogP contribution < -0.4 is 0 Å². The number of ether oxygens (including phenoxy) is 2. The molecule has 4 nitrogen and oxygen atoms in total. The van der Waals surface area contributed by atoms with E-state index in [0.29, 0.717) is 18.9 Å². The van der Waals surface area contributed by atoms with Gasteiger partial charge in [-0.25, -0.2) is 0 Å². The summed E-state index contributed by atoms with van der Waals surface area (Å²) < 4.78 is 12.1. The van der Waals surface area contributed by atoms with Crippen molar-refractivity contribution in [3.63, 3.8) is 0 Å². The number of hydrogen-bond acceptors (Lipinski definition) is 3. The van der Waals surface area contributed by atoms with Gasteiger partial charge in [-0.1, -0.05) is 11.6 Å². The Bertz CT molecular complexity index is 485. The third-order valence-electron chi connectivity index (χ3n) is 5.87. The number of allylic oxidation sites excluding steroid dienone is 1. The van der Waals surface area contributed by atoms with Gasteiger partial charge in [-0.2, -0.15) is 0 Å². The topological polar surface area (TPSA) is 38.8 Å². The first-order chi connectivity index (χ1) is 11.2. The van der Waals surface area contributed by atoms with Crippen LogP contribution in [-0.4, -0.2) is 48.8 Å². The lowest BCUT2D eigenvalue weighted by Gasteiger charge is -2.24. The van der Waals surface area contributed by atoms with Gasteiger partial charge in [0, 0.05) is 32.5 Å². The normalized spacial score (nSPS) is 34.2. The molecule has 0 aromatic carbocycles. The standard InChI is InChI=1S/C19H29NO3/c21-18(10-15-4-2-1-3-5-15)20-9-8-19(14-20)11-17(13-23-19)22-12-16-6-7-16/h4,16-17H,1-3,5-14H2/t17-,19-/m1/s1. The molecule has 23 heavy (non-hydrogen) atoms. The molecular formula is C19H29NO3. The largest absolute Gasteiger partial charge is 0.375 e. The first-order valence-corrected chi connectivity index (χ1v) is 9.44. The molecule has 0 unspecified atom stereocenters. The molecule has 0 N–H and O–H groups in total. The van der Waals surface area contributed by atoms with Gasteiger partial charge >= 0.3 is 0 Å². The number of likely N-dealkylation sites (tertiary alicyclic amines) is 1. The van der Waals surface area contributed by atoms with Gasteiger partial charge in [0.2, 0.25) is 5.91 Å². The fourth-order valence-corrected chi connectivity index (χ4v) is 4.18. The minimum absolute atomic E-state index is 0.120. The first kappa shape index (κ1) is 15.6. The van der Waals surface area contributed by atoms with Crippen LogP contribution in [-0.2, 0) is 14.3 Å². The van der Waals surface area contributed by atoms with E-state index in [0.717, 1.165) is 51.3 Å². The molecule has 4 aliphatic rings. The summed E-state index contributed by atoms with van der Waals surface area (Å²) in [6, 6.07) is 0. The van der Waals surface area contributed by atoms with Gasteiger partial charge in [0.15, 0.2) is 0 Å². The molecule has 128 valence electrons. The fraction of sp³-hybridized carbons (Fsp3) is 0.842. The zero-order chi connectivity index (χ0) is 15.7. The number of carbonyl (C=O) groups excluding carboxylic acids is 1. The summed E-state index contributed by atoms with van der Waals surface area (Å²) in [7, 11) is 0. The molecule has 4 heteroatoms. The van der Waals surface area contributed by atoms with Gasteiger partial charge < -0.3 is 14.4 Å². The van der Waals surface area contributed by atoms with Crippen LogP contribution in [0.3, 0.4) is 0 Å². The lowest BCUT2D eigenvalue weighted by atomic mass is 9.96. The summed E-state index contributed by atoms with van der Waals surface area (Å²) in [6.45, 7) is 3.23. The summed E-state index contributed by atoms with van der Waals surface area (Å²) >= 11 is 0. The van der Waals surface area contributed by atoms with Gasteiger partial charge in [0.1, 0.15) is 0 Å². The average molecular weight is 319 g/mol. The SMILES string of the molecule is O=C(CC1=CCCCC1)N1CC[C@@]2(C[C@@H](OCC3CC3)CO2)C1. The Kier molecular flexibility index (Phi) is 4.46. The lowest BCUT2D eigenvalue weighted by Crippen LogP contribution is -2.36. The van der Waals surface area contributed by atoms with Gasteiger partial charge in [-0.05, 0) is 50.9 Å². The number of nitrogens with zero attached hydrogens (tertiary/aromatic N) is 1. The van der Waals surface area contributed by atoms with Crippen molar-refractivity contribution in [2.45, 2.75) is 69.5 Å². The van der Waals surface area contributed by atoms with Crippen LogP contribution in [0.25, 0.3) is 0 Å². The number of amides is 1. The molecule has 0 radical (unpaired) electrons. The maximum Gasteiger partial charge on any atom is 0.226 e. The second-order valence-corrected chi connectivity index (χ2v) is 7.95. The van der Waals surface area contributed by atoms with E-state index in [4.69, 9.17) is 9.47 Å². The van der Waals surface area contributed by atoms with Gasteiger partial charge in [-0.3, -0.25) is 4.79 Å². The second kappa shape index (κ2) is 6.56. The van der Waals surface area contributed by atoms with E-state index in [1.54, 1.807) is 0 Å². The van der Waals surface area contributed by atoms with Crippen LogP contribution in [0.15, 0.2) is 11.6 Å². The number of rotatable bonds is 5.